The van der Waals surface area contributed by atoms with E-state index in [4.69, 9.17) is 5.11 Å². The van der Waals surface area contributed by atoms with Gasteiger partial charge in [0.1, 0.15) is 5.69 Å². The molecule has 84 valence electrons. The number of hydrogen-bond acceptors (Lipinski definition) is 2. The molecule has 0 saturated heterocycles. The number of aliphatic hydroxyl groups excluding tert-OH is 1. The summed E-state index contributed by atoms with van der Waals surface area (Å²) < 4.78 is 1.85. The van der Waals surface area contributed by atoms with Crippen LogP contribution in [0.15, 0.2) is 12.1 Å². The molecular weight excluding hydrogens is 192 g/mol. The highest BCUT2D eigenvalue weighted by Gasteiger charge is 2.11. The van der Waals surface area contributed by atoms with Crippen LogP contribution in [-0.2, 0) is 7.05 Å². The van der Waals surface area contributed by atoms with E-state index in [0.29, 0.717) is 12.2 Å². The van der Waals surface area contributed by atoms with Gasteiger partial charge in [0, 0.05) is 25.9 Å². The number of nitrogens with one attached hydrogen (secondary N) is 1. The summed E-state index contributed by atoms with van der Waals surface area (Å²) in [5, 5.41) is 11.6. The fourth-order valence-corrected chi connectivity index (χ4v) is 1.26. The van der Waals surface area contributed by atoms with Crippen LogP contribution >= 0.6 is 0 Å². The Morgan fingerprint density at radius 1 is 1.60 bits per heavy atom. The molecule has 0 saturated carbocycles. The summed E-state index contributed by atoms with van der Waals surface area (Å²) in [5.74, 6) is 0.00113. The Morgan fingerprint density at radius 3 is 2.73 bits per heavy atom. The fourth-order valence-electron chi connectivity index (χ4n) is 1.26. The average Bonchev–Trinajstić information content (AvgIpc) is 2.56. The average molecular weight is 210 g/mol. The Morgan fingerprint density at radius 2 is 2.27 bits per heavy atom. The van der Waals surface area contributed by atoms with E-state index < -0.39 is 0 Å². The van der Waals surface area contributed by atoms with Gasteiger partial charge in [0.2, 0.25) is 0 Å². The molecule has 1 amide bonds. The molecule has 1 heterocycles. The van der Waals surface area contributed by atoms with Crippen molar-refractivity contribution in [2.75, 3.05) is 13.2 Å². The van der Waals surface area contributed by atoms with Crippen LogP contribution in [0.2, 0.25) is 0 Å². The lowest BCUT2D eigenvalue weighted by molar-refractivity contribution is 0.0934. The van der Waals surface area contributed by atoms with Crippen LogP contribution in [-0.4, -0.2) is 28.7 Å². The van der Waals surface area contributed by atoms with Crippen molar-refractivity contribution in [3.8, 4) is 0 Å². The van der Waals surface area contributed by atoms with Gasteiger partial charge in [0.15, 0.2) is 0 Å². The highest BCUT2D eigenvalue weighted by atomic mass is 16.3. The van der Waals surface area contributed by atoms with Crippen LogP contribution in [0.4, 0.5) is 0 Å². The Kier molecular flexibility index (Phi) is 3.91. The van der Waals surface area contributed by atoms with E-state index in [2.05, 4.69) is 5.32 Å². The van der Waals surface area contributed by atoms with Crippen LogP contribution in [0.1, 0.15) is 23.1 Å². The molecule has 0 spiro atoms. The maximum Gasteiger partial charge on any atom is 0.267 e. The summed E-state index contributed by atoms with van der Waals surface area (Å²) in [7, 11) is 1.86. The molecular formula is C11H18N2O2. The quantitative estimate of drug-likeness (QED) is 0.768. The van der Waals surface area contributed by atoms with Crippen molar-refractivity contribution in [3.63, 3.8) is 0 Å². The van der Waals surface area contributed by atoms with E-state index in [1.165, 1.54) is 0 Å². The third-order valence-corrected chi connectivity index (χ3v) is 2.53. The molecule has 1 unspecified atom stereocenters. The molecule has 0 aliphatic heterocycles. The first-order valence-electron chi connectivity index (χ1n) is 5.07. The number of nitrogens with zero attached hydrogens (tertiary/aromatic N) is 1. The Bertz CT molecular complexity index is 344. The van der Waals surface area contributed by atoms with E-state index in [0.717, 1.165) is 5.69 Å². The molecule has 1 rings (SSSR count). The second-order valence-corrected chi connectivity index (χ2v) is 3.92. The Balaban J connectivity index is 2.58. The molecule has 4 heteroatoms. The molecule has 1 atom stereocenters. The molecule has 0 aliphatic rings. The molecule has 0 aromatic carbocycles. The summed E-state index contributed by atoms with van der Waals surface area (Å²) in [6, 6.07) is 3.71. The third kappa shape index (κ3) is 2.83. The number of amides is 1. The normalized spacial score (nSPS) is 12.5. The number of rotatable bonds is 4. The zero-order valence-electron chi connectivity index (χ0n) is 9.45. The summed E-state index contributed by atoms with van der Waals surface area (Å²) in [6.07, 6.45) is 0. The molecule has 1 aromatic rings. The lowest BCUT2D eigenvalue weighted by atomic mass is 10.2. The van der Waals surface area contributed by atoms with Crippen molar-refractivity contribution in [1.82, 2.24) is 9.88 Å². The summed E-state index contributed by atoms with van der Waals surface area (Å²) in [5.41, 5.74) is 1.70. The maximum absolute atomic E-state index is 11.7. The first kappa shape index (κ1) is 11.8. The third-order valence-electron chi connectivity index (χ3n) is 2.53. The predicted molar refractivity (Wildman–Crippen MR) is 58.7 cm³/mol. The van der Waals surface area contributed by atoms with Crippen molar-refractivity contribution in [1.29, 1.82) is 0 Å². The number of hydrogen-bond donors (Lipinski definition) is 2. The van der Waals surface area contributed by atoms with Gasteiger partial charge in [-0.2, -0.15) is 0 Å². The van der Waals surface area contributed by atoms with Crippen molar-refractivity contribution in [3.05, 3.63) is 23.5 Å². The second kappa shape index (κ2) is 4.98. The van der Waals surface area contributed by atoms with Crippen LogP contribution in [0.3, 0.4) is 0 Å². The molecule has 0 radical (unpaired) electrons. The second-order valence-electron chi connectivity index (χ2n) is 3.92. The van der Waals surface area contributed by atoms with E-state index in [1.54, 1.807) is 6.07 Å². The molecule has 4 nitrogen and oxygen atoms in total. The Labute approximate surface area is 89.9 Å². The van der Waals surface area contributed by atoms with Gasteiger partial charge in [0.25, 0.3) is 5.91 Å². The number of carbonyl (C=O) groups excluding carboxylic acids is 1. The van der Waals surface area contributed by atoms with Crippen LogP contribution in [0, 0.1) is 12.8 Å². The van der Waals surface area contributed by atoms with Crippen molar-refractivity contribution in [2.24, 2.45) is 13.0 Å². The van der Waals surface area contributed by atoms with Gasteiger partial charge in [0.05, 0.1) is 0 Å². The van der Waals surface area contributed by atoms with Gasteiger partial charge >= 0.3 is 0 Å². The summed E-state index contributed by atoms with van der Waals surface area (Å²) in [6.45, 7) is 4.43. The molecule has 2 N–H and O–H groups in total. The van der Waals surface area contributed by atoms with Gasteiger partial charge in [-0.3, -0.25) is 4.79 Å². The first-order chi connectivity index (χ1) is 7.06. The highest BCUT2D eigenvalue weighted by molar-refractivity contribution is 5.92. The zero-order chi connectivity index (χ0) is 11.4. The zero-order valence-corrected chi connectivity index (χ0v) is 9.45. The van der Waals surface area contributed by atoms with Gasteiger partial charge in [-0.15, -0.1) is 0 Å². The summed E-state index contributed by atoms with van der Waals surface area (Å²) in [4.78, 5) is 11.7. The van der Waals surface area contributed by atoms with Crippen LogP contribution in [0.5, 0.6) is 0 Å². The monoisotopic (exact) mass is 210 g/mol. The van der Waals surface area contributed by atoms with E-state index in [1.807, 2.05) is 31.5 Å². The Hall–Kier alpha value is -1.29. The molecule has 1 aromatic heterocycles. The number of aryl methyl sites for hydroxylation is 1. The van der Waals surface area contributed by atoms with Gasteiger partial charge < -0.3 is 15.0 Å². The number of carbonyl (C=O) groups is 1. The van der Waals surface area contributed by atoms with E-state index in [9.17, 15) is 4.79 Å². The molecule has 0 aliphatic carbocycles. The fraction of sp³-hybridized carbons (Fsp3) is 0.545. The first-order valence-corrected chi connectivity index (χ1v) is 5.07. The standard InChI is InChI=1S/C11H18N2O2/c1-8(7-14)6-12-11(15)10-5-4-9(2)13(10)3/h4-5,8,14H,6-7H2,1-3H3,(H,12,15). The number of aliphatic hydroxyl groups is 1. The molecule has 0 fully saturated rings. The van der Waals surface area contributed by atoms with Crippen molar-refractivity contribution < 1.29 is 9.90 Å². The predicted octanol–water partition coefficient (Wildman–Crippen LogP) is 0.692. The van der Waals surface area contributed by atoms with E-state index in [-0.39, 0.29) is 18.4 Å². The van der Waals surface area contributed by atoms with Crippen LogP contribution in [0.25, 0.3) is 0 Å². The SMILES string of the molecule is Cc1ccc(C(=O)NCC(C)CO)n1C. The maximum atomic E-state index is 11.7. The summed E-state index contributed by atoms with van der Waals surface area (Å²) >= 11 is 0. The smallest absolute Gasteiger partial charge is 0.267 e. The van der Waals surface area contributed by atoms with Crippen molar-refractivity contribution in [2.45, 2.75) is 13.8 Å². The largest absolute Gasteiger partial charge is 0.396 e. The minimum atomic E-state index is -0.0918. The topological polar surface area (TPSA) is 54.3 Å². The van der Waals surface area contributed by atoms with Crippen LogP contribution < -0.4 is 5.32 Å². The highest BCUT2D eigenvalue weighted by Crippen LogP contribution is 2.05. The molecule has 15 heavy (non-hydrogen) atoms. The van der Waals surface area contributed by atoms with Gasteiger partial charge in [-0.25, -0.2) is 0 Å². The lowest BCUT2D eigenvalue weighted by Gasteiger charge is -2.10. The lowest BCUT2D eigenvalue weighted by Crippen LogP contribution is -2.30. The van der Waals surface area contributed by atoms with Gasteiger partial charge in [-0.05, 0) is 25.0 Å². The van der Waals surface area contributed by atoms with Crippen molar-refractivity contribution >= 4 is 5.91 Å². The molecule has 0 bridgehead atoms. The minimum Gasteiger partial charge on any atom is -0.396 e. The van der Waals surface area contributed by atoms with E-state index >= 15 is 0 Å². The van der Waals surface area contributed by atoms with Gasteiger partial charge in [-0.1, -0.05) is 6.92 Å². The number of aromatic nitrogens is 1. The minimum absolute atomic E-state index is 0.0897.